The second kappa shape index (κ2) is 2.93. The normalized spacial score (nSPS) is 26.1. The van der Waals surface area contributed by atoms with Gasteiger partial charge in [-0.05, 0) is 6.92 Å². The summed E-state index contributed by atoms with van der Waals surface area (Å²) in [6.45, 7) is 0.231. The first kappa shape index (κ1) is 9.88. The summed E-state index contributed by atoms with van der Waals surface area (Å²) in [6.07, 6.45) is -2.17. The maximum atomic E-state index is 12.7. The molecule has 0 saturated carbocycles. The molecule has 74 valence electrons. The van der Waals surface area contributed by atoms with Crippen molar-refractivity contribution in [1.29, 1.82) is 0 Å². The van der Waals surface area contributed by atoms with E-state index >= 15 is 0 Å². The van der Waals surface area contributed by atoms with Gasteiger partial charge in [0.1, 0.15) is 0 Å². The zero-order valence-electron chi connectivity index (χ0n) is 6.96. The standard InChI is InChI=1S/C7H9F2NO3/c1-4(11)5-2-7(8,9)3-10(5)6(12)13/h5H,2-3H2,1H3,(H,12,13)/t5-/m0/s1. The highest BCUT2D eigenvalue weighted by Gasteiger charge is 2.48. The summed E-state index contributed by atoms with van der Waals surface area (Å²) >= 11 is 0. The molecule has 1 heterocycles. The maximum Gasteiger partial charge on any atom is 0.408 e. The molecule has 1 atom stereocenters. The van der Waals surface area contributed by atoms with Crippen molar-refractivity contribution in [3.63, 3.8) is 0 Å². The molecule has 1 aliphatic rings. The lowest BCUT2D eigenvalue weighted by Crippen LogP contribution is -2.38. The van der Waals surface area contributed by atoms with Crippen LogP contribution in [0.15, 0.2) is 0 Å². The molecule has 1 rings (SSSR count). The van der Waals surface area contributed by atoms with Gasteiger partial charge in [0, 0.05) is 6.42 Å². The zero-order valence-corrected chi connectivity index (χ0v) is 6.96. The van der Waals surface area contributed by atoms with Crippen molar-refractivity contribution < 1.29 is 23.5 Å². The molecule has 0 aromatic heterocycles. The SMILES string of the molecule is CC(=O)[C@@H]1CC(F)(F)CN1C(=O)O. The minimum atomic E-state index is -3.07. The van der Waals surface area contributed by atoms with E-state index in [1.165, 1.54) is 0 Å². The van der Waals surface area contributed by atoms with Gasteiger partial charge in [-0.2, -0.15) is 0 Å². The van der Waals surface area contributed by atoms with Gasteiger partial charge in [0.05, 0.1) is 12.6 Å². The highest BCUT2D eigenvalue weighted by molar-refractivity contribution is 5.85. The van der Waals surface area contributed by atoms with Crippen molar-refractivity contribution in [3.05, 3.63) is 0 Å². The van der Waals surface area contributed by atoms with Crippen molar-refractivity contribution in [1.82, 2.24) is 4.90 Å². The third-order valence-corrected chi connectivity index (χ3v) is 1.98. The van der Waals surface area contributed by atoms with E-state index in [-0.39, 0.29) is 0 Å². The summed E-state index contributed by atoms with van der Waals surface area (Å²) in [6, 6.07) is -1.19. The largest absolute Gasteiger partial charge is 0.465 e. The third kappa shape index (κ3) is 1.93. The molecule has 0 unspecified atom stereocenters. The molecular weight excluding hydrogens is 184 g/mol. The molecular formula is C7H9F2NO3. The molecule has 1 fully saturated rings. The second-order valence-electron chi connectivity index (χ2n) is 3.10. The van der Waals surface area contributed by atoms with Gasteiger partial charge in [0.25, 0.3) is 5.92 Å². The summed E-state index contributed by atoms with van der Waals surface area (Å²) in [7, 11) is 0. The Hall–Kier alpha value is -1.20. The molecule has 0 bridgehead atoms. The number of alkyl halides is 2. The molecule has 0 radical (unpaired) electrons. The number of hydrogen-bond acceptors (Lipinski definition) is 2. The van der Waals surface area contributed by atoms with Crippen molar-refractivity contribution in [2.45, 2.75) is 25.3 Å². The molecule has 13 heavy (non-hydrogen) atoms. The Morgan fingerprint density at radius 1 is 1.54 bits per heavy atom. The zero-order chi connectivity index (χ0) is 10.2. The number of rotatable bonds is 1. The average molecular weight is 193 g/mol. The molecule has 1 aliphatic heterocycles. The highest BCUT2D eigenvalue weighted by Crippen LogP contribution is 2.32. The lowest BCUT2D eigenvalue weighted by Gasteiger charge is -2.17. The van der Waals surface area contributed by atoms with E-state index in [0.717, 1.165) is 6.92 Å². The second-order valence-corrected chi connectivity index (χ2v) is 3.10. The fourth-order valence-electron chi connectivity index (χ4n) is 1.38. The lowest BCUT2D eigenvalue weighted by atomic mass is 10.1. The number of amides is 1. The topological polar surface area (TPSA) is 57.6 Å². The number of ketones is 1. The first-order valence-electron chi connectivity index (χ1n) is 3.71. The van der Waals surface area contributed by atoms with E-state index in [1.807, 2.05) is 0 Å². The van der Waals surface area contributed by atoms with Gasteiger partial charge < -0.3 is 5.11 Å². The molecule has 0 aromatic carbocycles. The van der Waals surface area contributed by atoms with Crippen molar-refractivity contribution >= 4 is 11.9 Å². The molecule has 6 heteroatoms. The van der Waals surface area contributed by atoms with Crippen LogP contribution in [0, 0.1) is 0 Å². The number of hydrogen-bond donors (Lipinski definition) is 1. The fraction of sp³-hybridized carbons (Fsp3) is 0.714. The van der Waals surface area contributed by atoms with Crippen molar-refractivity contribution in [3.8, 4) is 0 Å². The van der Waals surface area contributed by atoms with Gasteiger partial charge in [-0.1, -0.05) is 0 Å². The Kier molecular flexibility index (Phi) is 2.23. The molecule has 1 N–H and O–H groups in total. The minimum Gasteiger partial charge on any atom is -0.465 e. The average Bonchev–Trinajstić information content (AvgIpc) is 2.26. The summed E-state index contributed by atoms with van der Waals surface area (Å²) in [5, 5.41) is 8.51. The summed E-state index contributed by atoms with van der Waals surface area (Å²) in [5.74, 6) is -3.62. The Bertz CT molecular complexity index is 230. The van der Waals surface area contributed by atoms with Gasteiger partial charge >= 0.3 is 6.09 Å². The highest BCUT2D eigenvalue weighted by atomic mass is 19.3. The monoisotopic (exact) mass is 193 g/mol. The smallest absolute Gasteiger partial charge is 0.408 e. The van der Waals surface area contributed by atoms with Crippen molar-refractivity contribution in [2.75, 3.05) is 6.54 Å². The lowest BCUT2D eigenvalue weighted by molar-refractivity contribution is -0.121. The van der Waals surface area contributed by atoms with Gasteiger partial charge in [-0.25, -0.2) is 13.6 Å². The Morgan fingerprint density at radius 3 is 2.38 bits per heavy atom. The summed E-state index contributed by atoms with van der Waals surface area (Å²) in [5.41, 5.74) is 0. The number of likely N-dealkylation sites (tertiary alicyclic amines) is 1. The number of Topliss-reactive ketones (excluding diaryl/α,β-unsaturated/α-hetero) is 1. The Morgan fingerprint density at radius 2 is 2.08 bits per heavy atom. The van der Waals surface area contributed by atoms with Gasteiger partial charge in [-0.3, -0.25) is 9.69 Å². The van der Waals surface area contributed by atoms with E-state index < -0.39 is 36.8 Å². The van der Waals surface area contributed by atoms with Crippen LogP contribution in [0.25, 0.3) is 0 Å². The van der Waals surface area contributed by atoms with Crippen molar-refractivity contribution in [2.24, 2.45) is 0 Å². The molecule has 4 nitrogen and oxygen atoms in total. The van der Waals surface area contributed by atoms with Crippen LogP contribution in [0.1, 0.15) is 13.3 Å². The number of carbonyl (C=O) groups excluding carboxylic acids is 1. The molecule has 0 aliphatic carbocycles. The van der Waals surface area contributed by atoms with Crippen LogP contribution in [0.3, 0.4) is 0 Å². The molecule has 0 aromatic rings. The Labute approximate surface area is 73.1 Å². The number of nitrogens with zero attached hydrogens (tertiary/aromatic N) is 1. The van der Waals surface area contributed by atoms with Gasteiger partial charge in [0.2, 0.25) is 0 Å². The van der Waals surface area contributed by atoms with Gasteiger partial charge in [0.15, 0.2) is 5.78 Å². The first-order valence-corrected chi connectivity index (χ1v) is 3.71. The number of carboxylic acid groups (broad SMARTS) is 1. The minimum absolute atomic E-state index is 0.488. The molecule has 0 spiro atoms. The van der Waals surface area contributed by atoms with Crippen LogP contribution in [-0.4, -0.2) is 40.4 Å². The predicted octanol–water partition coefficient (Wildman–Crippen LogP) is 0.963. The van der Waals surface area contributed by atoms with E-state index in [9.17, 15) is 18.4 Å². The Balaban J connectivity index is 2.83. The summed E-state index contributed by atoms with van der Waals surface area (Å²) in [4.78, 5) is 21.7. The first-order chi connectivity index (χ1) is 5.83. The van der Waals surface area contributed by atoms with E-state index in [2.05, 4.69) is 0 Å². The molecule has 1 saturated heterocycles. The van der Waals surface area contributed by atoms with Gasteiger partial charge in [-0.15, -0.1) is 0 Å². The van der Waals surface area contributed by atoms with Crippen LogP contribution < -0.4 is 0 Å². The van der Waals surface area contributed by atoms with Crippen LogP contribution in [0.2, 0.25) is 0 Å². The molecule has 1 amide bonds. The predicted molar refractivity (Wildman–Crippen MR) is 38.8 cm³/mol. The maximum absolute atomic E-state index is 12.7. The summed E-state index contributed by atoms with van der Waals surface area (Å²) < 4.78 is 25.4. The van der Waals surface area contributed by atoms with E-state index in [1.54, 1.807) is 0 Å². The van der Waals surface area contributed by atoms with E-state index in [0.29, 0.717) is 4.90 Å². The van der Waals surface area contributed by atoms with E-state index in [4.69, 9.17) is 5.11 Å². The van der Waals surface area contributed by atoms with Crippen LogP contribution in [0.5, 0.6) is 0 Å². The van der Waals surface area contributed by atoms with Crippen LogP contribution >= 0.6 is 0 Å². The number of halogens is 2. The van der Waals surface area contributed by atoms with Crippen LogP contribution in [0.4, 0.5) is 13.6 Å². The quantitative estimate of drug-likeness (QED) is 0.674. The fourth-order valence-corrected chi connectivity index (χ4v) is 1.38. The number of carbonyl (C=O) groups is 2. The van der Waals surface area contributed by atoms with Crippen LogP contribution in [-0.2, 0) is 4.79 Å². The third-order valence-electron chi connectivity index (χ3n) is 1.98.